The van der Waals surface area contributed by atoms with Gasteiger partial charge < -0.3 is 14.4 Å². The minimum Gasteiger partial charge on any atom is -0.497 e. The van der Waals surface area contributed by atoms with Crippen LogP contribution in [0.4, 0.5) is 11.4 Å². The summed E-state index contributed by atoms with van der Waals surface area (Å²) < 4.78 is 10.7. The quantitative estimate of drug-likeness (QED) is 0.286. The number of rotatable bonds is 5. The van der Waals surface area contributed by atoms with Gasteiger partial charge >= 0.3 is 5.97 Å². The Bertz CT molecular complexity index is 1220. The number of ether oxygens (including phenoxy) is 2. The van der Waals surface area contributed by atoms with Crippen LogP contribution in [0.25, 0.3) is 0 Å². The maximum Gasteiger partial charge on any atom is 0.316 e. The SMILES string of the molecule is COc1cccc(N2C[C@H](C(=O)Oc3ccc(N4C(=O)[C@H]5[C@@H](C)C=CC[C@H]5C4=O)cc3)CC2=O)c1. The lowest BCUT2D eigenvalue weighted by atomic mass is 9.78. The number of methoxy groups -OCH3 is 1. The van der Waals surface area contributed by atoms with Crippen molar-refractivity contribution in [3.05, 3.63) is 60.7 Å². The Morgan fingerprint density at radius 2 is 1.74 bits per heavy atom. The highest BCUT2D eigenvalue weighted by molar-refractivity contribution is 6.22. The molecule has 3 amide bonds. The molecular formula is C27H26N2O6. The summed E-state index contributed by atoms with van der Waals surface area (Å²) in [5.41, 5.74) is 1.13. The number of allylic oxidation sites excluding steroid dienone is 2. The van der Waals surface area contributed by atoms with Gasteiger partial charge in [0.05, 0.1) is 30.6 Å². The predicted octanol–water partition coefficient (Wildman–Crippen LogP) is 3.36. The zero-order valence-corrected chi connectivity index (χ0v) is 19.5. The largest absolute Gasteiger partial charge is 0.497 e. The number of anilines is 2. The van der Waals surface area contributed by atoms with E-state index in [-0.39, 0.29) is 54.2 Å². The van der Waals surface area contributed by atoms with Crippen LogP contribution in [0.15, 0.2) is 60.7 Å². The van der Waals surface area contributed by atoms with Crippen LogP contribution in [-0.4, -0.2) is 37.3 Å². The molecule has 35 heavy (non-hydrogen) atoms. The minimum atomic E-state index is -0.604. The van der Waals surface area contributed by atoms with Gasteiger partial charge in [0.15, 0.2) is 0 Å². The van der Waals surface area contributed by atoms with Gasteiger partial charge in [0.1, 0.15) is 11.5 Å². The molecule has 180 valence electrons. The zero-order chi connectivity index (χ0) is 24.7. The number of imide groups is 1. The normalized spacial score (nSPS) is 25.7. The maximum absolute atomic E-state index is 13.0. The molecule has 0 N–H and O–H groups in total. The average Bonchev–Trinajstić information content (AvgIpc) is 3.38. The van der Waals surface area contributed by atoms with Gasteiger partial charge in [-0.15, -0.1) is 0 Å². The molecule has 5 rings (SSSR count). The summed E-state index contributed by atoms with van der Waals surface area (Å²) >= 11 is 0. The molecule has 0 unspecified atom stereocenters. The molecule has 0 aromatic heterocycles. The Balaban J connectivity index is 1.25. The van der Waals surface area contributed by atoms with Gasteiger partial charge in [-0.25, -0.2) is 0 Å². The molecule has 2 heterocycles. The van der Waals surface area contributed by atoms with E-state index >= 15 is 0 Å². The lowest BCUT2D eigenvalue weighted by Crippen LogP contribution is -2.31. The molecule has 0 radical (unpaired) electrons. The molecule has 2 aliphatic heterocycles. The van der Waals surface area contributed by atoms with Crippen LogP contribution in [0.5, 0.6) is 11.5 Å². The first-order chi connectivity index (χ1) is 16.9. The Morgan fingerprint density at radius 3 is 2.46 bits per heavy atom. The first kappa shape index (κ1) is 22.8. The fourth-order valence-electron chi connectivity index (χ4n) is 5.16. The minimum absolute atomic E-state index is 0.0149. The number of amides is 3. The lowest BCUT2D eigenvalue weighted by Gasteiger charge is -2.22. The van der Waals surface area contributed by atoms with Gasteiger partial charge in [-0.1, -0.05) is 25.1 Å². The molecule has 0 bridgehead atoms. The first-order valence-electron chi connectivity index (χ1n) is 11.7. The third-order valence-corrected chi connectivity index (χ3v) is 7.01. The van der Waals surface area contributed by atoms with Crippen molar-refractivity contribution in [3.8, 4) is 11.5 Å². The van der Waals surface area contributed by atoms with E-state index in [1.165, 1.54) is 4.90 Å². The van der Waals surface area contributed by atoms with E-state index in [0.29, 0.717) is 23.5 Å². The van der Waals surface area contributed by atoms with Gasteiger partial charge in [0, 0.05) is 24.7 Å². The predicted molar refractivity (Wildman–Crippen MR) is 128 cm³/mol. The molecule has 4 atom stereocenters. The van der Waals surface area contributed by atoms with E-state index in [9.17, 15) is 19.2 Å². The van der Waals surface area contributed by atoms with Crippen molar-refractivity contribution in [2.24, 2.45) is 23.7 Å². The molecule has 3 aliphatic rings. The van der Waals surface area contributed by atoms with Gasteiger partial charge in [0.25, 0.3) is 0 Å². The average molecular weight is 475 g/mol. The number of benzene rings is 2. The lowest BCUT2D eigenvalue weighted by molar-refractivity contribution is -0.139. The number of hydrogen-bond donors (Lipinski definition) is 0. The fourth-order valence-corrected chi connectivity index (χ4v) is 5.16. The van der Waals surface area contributed by atoms with Crippen molar-refractivity contribution in [2.45, 2.75) is 19.8 Å². The number of nitrogens with zero attached hydrogens (tertiary/aromatic N) is 2. The number of carbonyl (C=O) groups is 4. The molecule has 1 aliphatic carbocycles. The number of fused-ring (bicyclic) bond motifs is 1. The van der Waals surface area contributed by atoms with E-state index in [0.717, 1.165) is 0 Å². The van der Waals surface area contributed by atoms with E-state index in [2.05, 4.69) is 0 Å². The fraction of sp³-hybridized carbons (Fsp3) is 0.333. The topological polar surface area (TPSA) is 93.2 Å². The Morgan fingerprint density at radius 1 is 0.971 bits per heavy atom. The zero-order valence-electron chi connectivity index (χ0n) is 19.5. The van der Waals surface area contributed by atoms with Gasteiger partial charge in [-0.3, -0.25) is 24.1 Å². The van der Waals surface area contributed by atoms with Crippen LogP contribution >= 0.6 is 0 Å². The van der Waals surface area contributed by atoms with E-state index in [4.69, 9.17) is 9.47 Å². The second-order valence-corrected chi connectivity index (χ2v) is 9.19. The van der Waals surface area contributed by atoms with Crippen LogP contribution in [0.2, 0.25) is 0 Å². The van der Waals surface area contributed by atoms with Crippen LogP contribution in [-0.2, 0) is 19.2 Å². The summed E-state index contributed by atoms with van der Waals surface area (Å²) in [6.45, 7) is 2.17. The van der Waals surface area contributed by atoms with Crippen molar-refractivity contribution in [2.75, 3.05) is 23.5 Å². The second-order valence-electron chi connectivity index (χ2n) is 9.19. The van der Waals surface area contributed by atoms with Crippen molar-refractivity contribution in [1.29, 1.82) is 0 Å². The van der Waals surface area contributed by atoms with Crippen molar-refractivity contribution in [3.63, 3.8) is 0 Å². The van der Waals surface area contributed by atoms with E-state index in [1.807, 2.05) is 19.1 Å². The molecule has 8 heteroatoms. The number of esters is 1. The van der Waals surface area contributed by atoms with Gasteiger partial charge in [0.2, 0.25) is 17.7 Å². The van der Waals surface area contributed by atoms with Gasteiger partial charge in [-0.05, 0) is 48.7 Å². The number of hydrogen-bond acceptors (Lipinski definition) is 6. The molecule has 2 fully saturated rings. The Hall–Kier alpha value is -3.94. The first-order valence-corrected chi connectivity index (χ1v) is 11.7. The molecule has 0 saturated carbocycles. The third-order valence-electron chi connectivity index (χ3n) is 7.01. The summed E-state index contributed by atoms with van der Waals surface area (Å²) in [7, 11) is 1.55. The smallest absolute Gasteiger partial charge is 0.316 e. The standard InChI is InChI=1S/C27H26N2O6/c1-16-5-3-8-22-24(16)26(32)29(25(22)31)18-9-11-20(12-10-18)35-27(33)17-13-23(30)28(15-17)19-6-4-7-21(14-19)34-2/h3-7,9-12,14,16-17,22,24H,8,13,15H2,1-2H3/t16-,17+,22+,24-/m0/s1. The van der Waals surface area contributed by atoms with Crippen LogP contribution < -0.4 is 19.3 Å². The molecule has 0 spiro atoms. The summed E-state index contributed by atoms with van der Waals surface area (Å²) in [4.78, 5) is 53.9. The molecule has 2 saturated heterocycles. The Labute approximate surface area is 203 Å². The highest BCUT2D eigenvalue weighted by Crippen LogP contribution is 2.40. The summed E-state index contributed by atoms with van der Waals surface area (Å²) in [5, 5.41) is 0. The maximum atomic E-state index is 13.0. The highest BCUT2D eigenvalue weighted by Gasteiger charge is 2.50. The van der Waals surface area contributed by atoms with Crippen LogP contribution in [0, 0.1) is 23.7 Å². The second kappa shape index (κ2) is 9.02. The van der Waals surface area contributed by atoms with Crippen molar-refractivity contribution < 1.29 is 28.7 Å². The summed E-state index contributed by atoms with van der Waals surface area (Å²) in [6, 6.07) is 13.5. The van der Waals surface area contributed by atoms with Crippen molar-refractivity contribution in [1.82, 2.24) is 0 Å². The Kier molecular flexibility index (Phi) is 5.88. The van der Waals surface area contributed by atoms with Crippen LogP contribution in [0.1, 0.15) is 19.8 Å². The van der Waals surface area contributed by atoms with Crippen LogP contribution in [0.3, 0.4) is 0 Å². The van der Waals surface area contributed by atoms with Crippen molar-refractivity contribution >= 4 is 35.1 Å². The summed E-state index contributed by atoms with van der Waals surface area (Å²) in [6.07, 6.45) is 4.58. The molecule has 2 aromatic carbocycles. The monoisotopic (exact) mass is 474 g/mol. The van der Waals surface area contributed by atoms with E-state index < -0.39 is 11.9 Å². The molecule has 8 nitrogen and oxygen atoms in total. The van der Waals surface area contributed by atoms with Gasteiger partial charge in [-0.2, -0.15) is 0 Å². The summed E-state index contributed by atoms with van der Waals surface area (Å²) in [5.74, 6) is -1.38. The van der Waals surface area contributed by atoms with E-state index in [1.54, 1.807) is 60.5 Å². The highest BCUT2D eigenvalue weighted by atomic mass is 16.5. The molecular weight excluding hydrogens is 448 g/mol. The third kappa shape index (κ3) is 4.09. The molecule has 2 aromatic rings. The number of carbonyl (C=O) groups excluding carboxylic acids is 4.